The zero-order chi connectivity index (χ0) is 23.4. The minimum Gasteiger partial charge on any atom is -0.354 e. The molecule has 174 valence electrons. The van der Waals surface area contributed by atoms with E-state index in [0.717, 1.165) is 42.3 Å². The van der Waals surface area contributed by atoms with Crippen molar-refractivity contribution < 1.29 is 18.4 Å². The average molecular weight is 462 g/mol. The predicted octanol–water partition coefficient (Wildman–Crippen LogP) is 4.21. The number of nitrogens with one attached hydrogen (secondary N) is 2. The molecule has 3 aromatic rings. The first-order chi connectivity index (χ1) is 16.4. The van der Waals surface area contributed by atoms with Crippen molar-refractivity contribution in [1.29, 1.82) is 0 Å². The minimum absolute atomic E-state index is 0.0811. The molecule has 0 unspecified atom stereocenters. The Kier molecular flexibility index (Phi) is 4.90. The second-order valence-electron chi connectivity index (χ2n) is 9.92. The molecule has 2 aliphatic carbocycles. The monoisotopic (exact) mass is 461 g/mol. The molecule has 34 heavy (non-hydrogen) atoms. The summed E-state index contributed by atoms with van der Waals surface area (Å²) in [5.74, 6) is -2.61. The van der Waals surface area contributed by atoms with Gasteiger partial charge in [-0.3, -0.25) is 14.6 Å². The summed E-state index contributed by atoms with van der Waals surface area (Å²) in [5.41, 5.74) is 1.91. The molecule has 2 atom stereocenters. The van der Waals surface area contributed by atoms with Crippen LogP contribution in [-0.2, 0) is 15.0 Å². The molecule has 3 fully saturated rings. The molecule has 6 rings (SSSR count). The summed E-state index contributed by atoms with van der Waals surface area (Å²) >= 11 is 0. The number of carbonyl (C=O) groups excluding carboxylic acids is 2. The molecular weight excluding hydrogens is 436 g/mol. The Bertz CT molecular complexity index is 1290. The normalized spacial score (nSPS) is 23.1. The van der Waals surface area contributed by atoms with Gasteiger partial charge >= 0.3 is 0 Å². The van der Waals surface area contributed by atoms with Crippen LogP contribution >= 0.6 is 0 Å². The van der Waals surface area contributed by atoms with Crippen molar-refractivity contribution in [3.05, 3.63) is 77.0 Å². The van der Waals surface area contributed by atoms with Gasteiger partial charge in [0.2, 0.25) is 11.8 Å². The van der Waals surface area contributed by atoms with E-state index in [1.807, 2.05) is 36.4 Å². The van der Waals surface area contributed by atoms with Gasteiger partial charge in [0.05, 0.1) is 5.52 Å². The van der Waals surface area contributed by atoms with Crippen LogP contribution in [0.25, 0.3) is 10.9 Å². The summed E-state index contributed by atoms with van der Waals surface area (Å²) in [6, 6.07) is 13.5. The van der Waals surface area contributed by atoms with E-state index in [1.165, 1.54) is 12.1 Å². The van der Waals surface area contributed by atoms with Gasteiger partial charge in [-0.2, -0.15) is 0 Å². The average Bonchev–Trinajstić information content (AvgIpc) is 3.74. The van der Waals surface area contributed by atoms with Crippen LogP contribution in [0.1, 0.15) is 60.8 Å². The molecule has 0 radical (unpaired) electrons. The van der Waals surface area contributed by atoms with Gasteiger partial charge in [0.15, 0.2) is 0 Å². The standard InChI is InChI=1S/C27H25F2N3O2/c28-19-11-17(15-5-6-15)12-20(29)24(19)18-14-30-26(34)25(18)32-23(33)13-27(9-10-27)22-8-7-16-3-1-2-4-21(16)31-22/h1-4,7-8,11-12,15,18,25H,5-6,9-10,13-14H2,(H,30,34)(H,32,33)/t18-,25-/m0/s1. The topological polar surface area (TPSA) is 71.1 Å². The number of amides is 2. The Morgan fingerprint density at radius 3 is 2.53 bits per heavy atom. The first-order valence-corrected chi connectivity index (χ1v) is 11.9. The Hall–Kier alpha value is -3.35. The Morgan fingerprint density at radius 2 is 1.82 bits per heavy atom. The zero-order valence-corrected chi connectivity index (χ0v) is 18.6. The maximum atomic E-state index is 14.9. The first kappa shape index (κ1) is 21.2. The maximum Gasteiger partial charge on any atom is 0.243 e. The molecule has 1 aromatic heterocycles. The number of halogens is 2. The number of hydrogen-bond donors (Lipinski definition) is 2. The van der Waals surface area contributed by atoms with Crippen molar-refractivity contribution in [1.82, 2.24) is 15.6 Å². The summed E-state index contributed by atoms with van der Waals surface area (Å²) < 4.78 is 29.8. The van der Waals surface area contributed by atoms with Crippen molar-refractivity contribution in [3.8, 4) is 0 Å². The lowest BCUT2D eigenvalue weighted by molar-refractivity contribution is -0.127. The van der Waals surface area contributed by atoms with E-state index < -0.39 is 29.5 Å². The highest BCUT2D eigenvalue weighted by Gasteiger charge is 2.48. The van der Waals surface area contributed by atoms with E-state index in [-0.39, 0.29) is 35.8 Å². The number of carbonyl (C=O) groups is 2. The van der Waals surface area contributed by atoms with Gasteiger partial charge in [-0.1, -0.05) is 24.3 Å². The van der Waals surface area contributed by atoms with Gasteiger partial charge in [-0.25, -0.2) is 8.78 Å². The third-order valence-electron chi connectivity index (χ3n) is 7.51. The smallest absolute Gasteiger partial charge is 0.243 e. The third kappa shape index (κ3) is 3.73. The summed E-state index contributed by atoms with van der Waals surface area (Å²) in [4.78, 5) is 30.3. The highest BCUT2D eigenvalue weighted by atomic mass is 19.1. The predicted molar refractivity (Wildman–Crippen MR) is 123 cm³/mol. The molecule has 5 nitrogen and oxygen atoms in total. The number of nitrogens with zero attached hydrogens (tertiary/aromatic N) is 1. The van der Waals surface area contributed by atoms with E-state index in [2.05, 4.69) is 10.6 Å². The van der Waals surface area contributed by atoms with E-state index >= 15 is 0 Å². The van der Waals surface area contributed by atoms with Crippen LogP contribution in [0.15, 0.2) is 48.5 Å². The summed E-state index contributed by atoms with van der Waals surface area (Å²) in [6.07, 6.45) is 3.72. The molecule has 2 amide bonds. The van der Waals surface area contributed by atoms with E-state index in [9.17, 15) is 18.4 Å². The third-order valence-corrected chi connectivity index (χ3v) is 7.51. The molecular formula is C27H25F2N3O2. The zero-order valence-electron chi connectivity index (χ0n) is 18.6. The van der Waals surface area contributed by atoms with Gasteiger partial charge < -0.3 is 10.6 Å². The fourth-order valence-electron chi connectivity index (χ4n) is 5.23. The molecule has 2 heterocycles. The van der Waals surface area contributed by atoms with Crippen LogP contribution in [0.2, 0.25) is 0 Å². The van der Waals surface area contributed by atoms with Crippen molar-refractivity contribution in [2.45, 2.75) is 55.4 Å². The van der Waals surface area contributed by atoms with Crippen LogP contribution < -0.4 is 10.6 Å². The van der Waals surface area contributed by atoms with Crippen molar-refractivity contribution >= 4 is 22.7 Å². The van der Waals surface area contributed by atoms with Crippen LogP contribution in [-0.4, -0.2) is 29.4 Å². The molecule has 2 N–H and O–H groups in total. The van der Waals surface area contributed by atoms with Crippen LogP contribution in [0.5, 0.6) is 0 Å². The highest BCUT2D eigenvalue weighted by molar-refractivity contribution is 5.91. The van der Waals surface area contributed by atoms with Crippen LogP contribution in [0, 0.1) is 11.6 Å². The molecule has 0 bridgehead atoms. The largest absolute Gasteiger partial charge is 0.354 e. The van der Waals surface area contributed by atoms with Gasteiger partial charge in [-0.15, -0.1) is 0 Å². The number of para-hydroxylation sites is 1. The van der Waals surface area contributed by atoms with Crippen molar-refractivity contribution in [3.63, 3.8) is 0 Å². The van der Waals surface area contributed by atoms with Gasteiger partial charge in [0.1, 0.15) is 17.7 Å². The van der Waals surface area contributed by atoms with Crippen molar-refractivity contribution in [2.24, 2.45) is 0 Å². The lowest BCUT2D eigenvalue weighted by atomic mass is 9.90. The number of benzene rings is 2. The quantitative estimate of drug-likeness (QED) is 0.578. The molecule has 3 aliphatic rings. The summed E-state index contributed by atoms with van der Waals surface area (Å²) in [6.45, 7) is 0.0811. The van der Waals surface area contributed by atoms with E-state index in [1.54, 1.807) is 0 Å². The van der Waals surface area contributed by atoms with E-state index in [0.29, 0.717) is 5.56 Å². The second kappa shape index (κ2) is 7.86. The Balaban J connectivity index is 1.21. The summed E-state index contributed by atoms with van der Waals surface area (Å²) in [7, 11) is 0. The second-order valence-corrected chi connectivity index (χ2v) is 9.92. The molecule has 2 saturated carbocycles. The van der Waals surface area contributed by atoms with Gasteiger partial charge in [0.25, 0.3) is 0 Å². The molecule has 1 saturated heterocycles. The Morgan fingerprint density at radius 1 is 1.09 bits per heavy atom. The molecule has 0 spiro atoms. The maximum absolute atomic E-state index is 14.9. The number of aromatic nitrogens is 1. The SMILES string of the molecule is O=C(CC1(c2ccc3ccccc3n2)CC1)N[C@@H]1C(=O)NC[C@H]1c1c(F)cc(C2CC2)cc1F. The number of fused-ring (bicyclic) bond motifs is 1. The molecule has 1 aliphatic heterocycles. The van der Waals surface area contributed by atoms with Gasteiger partial charge in [-0.05, 0) is 61.4 Å². The van der Waals surface area contributed by atoms with Crippen LogP contribution in [0.4, 0.5) is 8.78 Å². The number of pyridine rings is 1. The molecule has 2 aromatic carbocycles. The number of hydrogen-bond acceptors (Lipinski definition) is 3. The van der Waals surface area contributed by atoms with E-state index in [4.69, 9.17) is 4.98 Å². The van der Waals surface area contributed by atoms with Crippen molar-refractivity contribution in [2.75, 3.05) is 6.54 Å². The lowest BCUT2D eigenvalue weighted by Gasteiger charge is -2.22. The fraction of sp³-hybridized carbons (Fsp3) is 0.370. The number of rotatable bonds is 6. The highest BCUT2D eigenvalue weighted by Crippen LogP contribution is 2.50. The summed E-state index contributed by atoms with van der Waals surface area (Å²) in [5, 5.41) is 6.47. The lowest BCUT2D eigenvalue weighted by Crippen LogP contribution is -2.44. The molecule has 7 heteroatoms. The van der Waals surface area contributed by atoms with Crippen LogP contribution in [0.3, 0.4) is 0 Å². The minimum atomic E-state index is -1.01. The first-order valence-electron chi connectivity index (χ1n) is 11.9. The Labute approximate surface area is 196 Å². The fourth-order valence-corrected chi connectivity index (χ4v) is 5.23. The van der Waals surface area contributed by atoms with Gasteiger partial charge in [0, 0.05) is 40.9 Å².